The van der Waals surface area contributed by atoms with Gasteiger partial charge < -0.3 is 14.6 Å². The molecule has 2 aromatic carbocycles. The zero-order chi connectivity index (χ0) is 22.2. The molecule has 32 heavy (non-hydrogen) atoms. The van der Waals surface area contributed by atoms with Crippen molar-refractivity contribution < 1.29 is 4.42 Å². The van der Waals surface area contributed by atoms with Crippen LogP contribution in [0.15, 0.2) is 83.4 Å². The van der Waals surface area contributed by atoms with Crippen LogP contribution in [0.1, 0.15) is 29.1 Å². The number of halogens is 2. The maximum atomic E-state index is 6.41. The minimum absolute atomic E-state index is 0.182. The van der Waals surface area contributed by atoms with Gasteiger partial charge in [0, 0.05) is 27.5 Å². The van der Waals surface area contributed by atoms with Crippen molar-refractivity contribution in [1.29, 1.82) is 0 Å². The molecule has 0 amide bonds. The average Bonchev–Trinajstić information content (AvgIpc) is 3.41. The number of aromatic nitrogens is 1. The number of aryl methyl sites for hydroxylation is 1. The third kappa shape index (κ3) is 3.88. The van der Waals surface area contributed by atoms with Gasteiger partial charge in [-0.15, -0.1) is 0 Å². The largest absolute Gasteiger partial charge is 0.459 e. The molecule has 1 N–H and O–H groups in total. The minimum Gasteiger partial charge on any atom is -0.459 e. The monoisotopic (exact) mass is 479 g/mol. The lowest BCUT2D eigenvalue weighted by atomic mass is 10.0. The summed E-state index contributed by atoms with van der Waals surface area (Å²) in [6.45, 7) is 2.04. The number of anilines is 1. The highest BCUT2D eigenvalue weighted by atomic mass is 35.5. The highest BCUT2D eigenvalue weighted by Gasteiger charge is 2.42. The van der Waals surface area contributed by atoms with Gasteiger partial charge in [0.2, 0.25) is 0 Å². The van der Waals surface area contributed by atoms with E-state index in [1.54, 1.807) is 6.20 Å². The SMILES string of the molecule is Cc1ccc(Cl)cc1-c1ccc([C@H]2[C@@H](c3ccccn3)NC(=S)N2c2ccc(Cl)cc2)o1. The molecule has 7 heteroatoms. The predicted molar refractivity (Wildman–Crippen MR) is 133 cm³/mol. The van der Waals surface area contributed by atoms with E-state index in [9.17, 15) is 0 Å². The van der Waals surface area contributed by atoms with E-state index in [-0.39, 0.29) is 12.1 Å². The van der Waals surface area contributed by atoms with E-state index >= 15 is 0 Å². The Labute approximate surface area is 201 Å². The first-order valence-electron chi connectivity index (χ1n) is 10.1. The number of thiocarbonyl (C=S) groups is 1. The molecule has 0 radical (unpaired) electrons. The standard InChI is InChI=1S/C25H19Cl2N3OS/c1-15-5-6-17(27)14-19(15)21-11-12-22(31-21)24-23(20-4-2-3-13-28-20)29-25(32)30(24)18-9-7-16(26)8-10-18/h2-14,23-24H,1H3,(H,29,32)/t23-,24+/m1/s1. The Morgan fingerprint density at radius 1 is 0.969 bits per heavy atom. The van der Waals surface area contributed by atoms with Crippen molar-refractivity contribution in [2.75, 3.05) is 4.90 Å². The number of furan rings is 1. The van der Waals surface area contributed by atoms with E-state index in [0.717, 1.165) is 34.0 Å². The van der Waals surface area contributed by atoms with Crippen LogP contribution < -0.4 is 10.2 Å². The molecular formula is C25H19Cl2N3OS. The van der Waals surface area contributed by atoms with Crippen molar-refractivity contribution in [3.8, 4) is 11.3 Å². The molecule has 0 unspecified atom stereocenters. The molecule has 0 saturated carbocycles. The van der Waals surface area contributed by atoms with E-state index in [2.05, 4.69) is 15.2 Å². The molecule has 1 aliphatic rings. The van der Waals surface area contributed by atoms with Crippen molar-refractivity contribution in [3.63, 3.8) is 0 Å². The van der Waals surface area contributed by atoms with Crippen molar-refractivity contribution in [3.05, 3.63) is 106 Å². The van der Waals surface area contributed by atoms with Crippen LogP contribution >= 0.6 is 35.4 Å². The molecule has 2 atom stereocenters. The number of rotatable bonds is 4. The molecule has 160 valence electrons. The van der Waals surface area contributed by atoms with Crippen LogP contribution in [-0.2, 0) is 0 Å². The van der Waals surface area contributed by atoms with E-state index in [1.807, 2.05) is 79.7 Å². The molecule has 4 nitrogen and oxygen atoms in total. The molecule has 0 aliphatic carbocycles. The Balaban J connectivity index is 1.61. The van der Waals surface area contributed by atoms with E-state index in [0.29, 0.717) is 15.2 Å². The van der Waals surface area contributed by atoms with Crippen LogP contribution in [0.25, 0.3) is 11.3 Å². The van der Waals surface area contributed by atoms with Crippen LogP contribution in [-0.4, -0.2) is 10.1 Å². The van der Waals surface area contributed by atoms with Crippen LogP contribution in [0.3, 0.4) is 0 Å². The third-order valence-electron chi connectivity index (χ3n) is 5.59. The zero-order valence-corrected chi connectivity index (χ0v) is 19.5. The molecule has 0 spiro atoms. The first kappa shape index (κ1) is 21.0. The Hall–Kier alpha value is -2.86. The van der Waals surface area contributed by atoms with Gasteiger partial charge in [-0.05, 0) is 85.4 Å². The van der Waals surface area contributed by atoms with Crippen LogP contribution in [0.5, 0.6) is 0 Å². The van der Waals surface area contributed by atoms with Gasteiger partial charge >= 0.3 is 0 Å². The maximum absolute atomic E-state index is 6.41. The van der Waals surface area contributed by atoms with Crippen molar-refractivity contribution >= 4 is 46.2 Å². The van der Waals surface area contributed by atoms with Crippen molar-refractivity contribution in [2.24, 2.45) is 0 Å². The topological polar surface area (TPSA) is 41.3 Å². The number of hydrogen-bond donors (Lipinski definition) is 1. The Morgan fingerprint density at radius 2 is 1.75 bits per heavy atom. The van der Waals surface area contributed by atoms with Gasteiger partial charge in [0.15, 0.2) is 5.11 Å². The molecule has 1 fully saturated rings. The lowest BCUT2D eigenvalue weighted by Gasteiger charge is -2.26. The van der Waals surface area contributed by atoms with Gasteiger partial charge in [-0.2, -0.15) is 0 Å². The summed E-state index contributed by atoms with van der Waals surface area (Å²) in [5, 5.41) is 5.37. The van der Waals surface area contributed by atoms with Gasteiger partial charge in [0.05, 0.1) is 11.7 Å². The van der Waals surface area contributed by atoms with E-state index in [4.69, 9.17) is 39.8 Å². The summed E-state index contributed by atoms with van der Waals surface area (Å²) < 4.78 is 6.41. The quantitative estimate of drug-likeness (QED) is 0.315. The molecule has 0 bridgehead atoms. The molecule has 1 aliphatic heterocycles. The molecule has 5 rings (SSSR count). The summed E-state index contributed by atoms with van der Waals surface area (Å²) in [7, 11) is 0. The Bertz CT molecular complexity index is 1270. The van der Waals surface area contributed by atoms with Gasteiger partial charge in [0.1, 0.15) is 17.6 Å². The first-order chi connectivity index (χ1) is 15.5. The van der Waals surface area contributed by atoms with E-state index in [1.165, 1.54) is 0 Å². The predicted octanol–water partition coefficient (Wildman–Crippen LogP) is 7.13. The molecular weight excluding hydrogens is 461 g/mol. The van der Waals surface area contributed by atoms with Crippen molar-refractivity contribution in [2.45, 2.75) is 19.0 Å². The van der Waals surface area contributed by atoms with Crippen LogP contribution in [0.2, 0.25) is 10.0 Å². The second-order valence-electron chi connectivity index (χ2n) is 7.63. The van der Waals surface area contributed by atoms with Gasteiger partial charge in [-0.3, -0.25) is 4.98 Å². The molecule has 2 aromatic heterocycles. The van der Waals surface area contributed by atoms with E-state index < -0.39 is 0 Å². The summed E-state index contributed by atoms with van der Waals surface area (Å²) in [4.78, 5) is 6.63. The number of nitrogens with one attached hydrogen (secondary N) is 1. The van der Waals surface area contributed by atoms with Crippen LogP contribution in [0, 0.1) is 6.92 Å². The summed E-state index contributed by atoms with van der Waals surface area (Å²) in [6, 6.07) is 22.8. The van der Waals surface area contributed by atoms with Gasteiger partial charge in [-0.1, -0.05) is 35.3 Å². The summed E-state index contributed by atoms with van der Waals surface area (Å²) in [5.74, 6) is 1.53. The zero-order valence-electron chi connectivity index (χ0n) is 17.1. The third-order valence-corrected chi connectivity index (χ3v) is 6.39. The Morgan fingerprint density at radius 3 is 2.50 bits per heavy atom. The highest BCUT2D eigenvalue weighted by Crippen LogP contribution is 2.43. The number of nitrogens with zero attached hydrogens (tertiary/aromatic N) is 2. The fraction of sp³-hybridized carbons (Fsp3) is 0.120. The van der Waals surface area contributed by atoms with Crippen molar-refractivity contribution in [1.82, 2.24) is 10.3 Å². The molecule has 1 saturated heterocycles. The summed E-state index contributed by atoms with van der Waals surface area (Å²) in [5.41, 5.74) is 3.86. The maximum Gasteiger partial charge on any atom is 0.174 e. The second-order valence-corrected chi connectivity index (χ2v) is 8.89. The average molecular weight is 480 g/mol. The number of benzene rings is 2. The van der Waals surface area contributed by atoms with Gasteiger partial charge in [-0.25, -0.2) is 0 Å². The lowest BCUT2D eigenvalue weighted by Crippen LogP contribution is -2.29. The second kappa shape index (κ2) is 8.58. The minimum atomic E-state index is -0.230. The fourth-order valence-electron chi connectivity index (χ4n) is 4.04. The summed E-state index contributed by atoms with van der Waals surface area (Å²) >= 11 is 18.1. The Kier molecular flexibility index (Phi) is 5.64. The fourth-order valence-corrected chi connectivity index (χ4v) is 4.68. The number of pyridine rings is 1. The highest BCUT2D eigenvalue weighted by molar-refractivity contribution is 7.80. The first-order valence-corrected chi connectivity index (χ1v) is 11.3. The normalized spacial score (nSPS) is 18.1. The lowest BCUT2D eigenvalue weighted by molar-refractivity contribution is 0.439. The smallest absolute Gasteiger partial charge is 0.174 e. The summed E-state index contributed by atoms with van der Waals surface area (Å²) in [6.07, 6.45) is 1.78. The molecule has 3 heterocycles. The number of hydrogen-bond acceptors (Lipinski definition) is 3. The van der Waals surface area contributed by atoms with Crippen LogP contribution in [0.4, 0.5) is 5.69 Å². The van der Waals surface area contributed by atoms with Gasteiger partial charge in [0.25, 0.3) is 0 Å². The molecule has 4 aromatic rings.